The molecule has 1 aromatic rings. The van der Waals surface area contributed by atoms with E-state index in [0.29, 0.717) is 11.4 Å². The molecule has 3 N–H and O–H groups in total. The maximum absolute atomic E-state index is 11.6. The minimum atomic E-state index is -0.525. The number of ether oxygens (including phenoxy) is 1. The third-order valence-electron chi connectivity index (χ3n) is 2.13. The highest BCUT2D eigenvalue weighted by atomic mass is 16.6. The van der Waals surface area contributed by atoms with Crippen LogP contribution in [0.5, 0.6) is 0 Å². The van der Waals surface area contributed by atoms with Gasteiger partial charge in [0.05, 0.1) is 0 Å². The summed E-state index contributed by atoms with van der Waals surface area (Å²) in [5.74, 6) is 0. The number of amides is 1. The lowest BCUT2D eigenvalue weighted by molar-refractivity contribution is 0.0636. The van der Waals surface area contributed by atoms with E-state index in [1.165, 1.54) is 0 Å². The van der Waals surface area contributed by atoms with E-state index >= 15 is 0 Å². The van der Waals surface area contributed by atoms with Gasteiger partial charge in [0.25, 0.3) is 0 Å². The van der Waals surface area contributed by atoms with E-state index in [-0.39, 0.29) is 0 Å². The number of carbonyl (C=O) groups is 1. The Morgan fingerprint density at radius 3 is 2.53 bits per heavy atom. The maximum atomic E-state index is 11.6. The summed E-state index contributed by atoms with van der Waals surface area (Å²) >= 11 is 0. The molecule has 0 atom stereocenters. The number of benzene rings is 1. The summed E-state index contributed by atoms with van der Waals surface area (Å²) in [5, 5.41) is 4.26. The Balaban J connectivity index is 2.89. The zero-order chi connectivity index (χ0) is 14.6. The van der Waals surface area contributed by atoms with Gasteiger partial charge in [-0.05, 0) is 49.4 Å². The van der Waals surface area contributed by atoms with E-state index in [4.69, 9.17) is 10.5 Å². The van der Waals surface area contributed by atoms with Gasteiger partial charge in [-0.3, -0.25) is 5.32 Å². The molecule has 19 heavy (non-hydrogen) atoms. The molecule has 0 saturated heterocycles. The number of carbonyl (C=O) groups excluding carboxylic acids is 1. The normalized spacial score (nSPS) is 12.1. The Hall–Kier alpha value is -2.23. The van der Waals surface area contributed by atoms with E-state index in [1.807, 2.05) is 26.8 Å². The second-order valence-corrected chi connectivity index (χ2v) is 5.26. The van der Waals surface area contributed by atoms with Crippen molar-refractivity contribution in [1.29, 1.82) is 0 Å². The van der Waals surface area contributed by atoms with Gasteiger partial charge in [0, 0.05) is 11.4 Å². The Labute approximate surface area is 113 Å². The summed E-state index contributed by atoms with van der Waals surface area (Å²) < 4.78 is 5.16. The standard InChI is InChI=1S/C15H20N2O2/c1-10-8-13(7-6-12(10)9-11(2)16)17-14(18)19-15(3,4)5/h6-9H,1-2,16H2,3-5H3,(H,17,18)/b12-9-. The van der Waals surface area contributed by atoms with Crippen LogP contribution in [0, 0.1) is 0 Å². The first-order chi connectivity index (χ1) is 8.67. The molecule has 1 rings (SSSR count). The fraction of sp³-hybridized carbons (Fsp3) is 0.267. The first kappa shape index (κ1) is 14.8. The second-order valence-electron chi connectivity index (χ2n) is 5.26. The molecule has 0 unspecified atom stereocenters. The van der Waals surface area contributed by atoms with Gasteiger partial charge in [0.2, 0.25) is 0 Å². The van der Waals surface area contributed by atoms with Crippen molar-refractivity contribution < 1.29 is 9.53 Å². The maximum Gasteiger partial charge on any atom is 0.412 e. The van der Waals surface area contributed by atoms with Gasteiger partial charge in [-0.25, -0.2) is 4.79 Å². The molecule has 1 amide bonds. The number of nitrogens with two attached hydrogens (primary N) is 1. The van der Waals surface area contributed by atoms with E-state index in [1.54, 1.807) is 18.2 Å². The molecule has 0 aliphatic carbocycles. The first-order valence-corrected chi connectivity index (χ1v) is 5.92. The summed E-state index contributed by atoms with van der Waals surface area (Å²) in [6.07, 6.45) is 1.23. The lowest BCUT2D eigenvalue weighted by Crippen LogP contribution is -2.29. The fourth-order valence-corrected chi connectivity index (χ4v) is 1.45. The van der Waals surface area contributed by atoms with Gasteiger partial charge >= 0.3 is 6.09 Å². The predicted octanol–water partition coefficient (Wildman–Crippen LogP) is 1.70. The molecule has 0 aliphatic rings. The highest BCUT2D eigenvalue weighted by Crippen LogP contribution is 2.09. The Kier molecular flexibility index (Phi) is 4.38. The number of hydrogen-bond donors (Lipinski definition) is 2. The molecule has 0 saturated carbocycles. The first-order valence-electron chi connectivity index (χ1n) is 5.92. The monoisotopic (exact) mass is 260 g/mol. The molecular formula is C15H20N2O2. The smallest absolute Gasteiger partial charge is 0.412 e. The van der Waals surface area contributed by atoms with Crippen LogP contribution < -0.4 is 21.5 Å². The van der Waals surface area contributed by atoms with Crippen molar-refractivity contribution in [1.82, 2.24) is 0 Å². The molecule has 0 bridgehead atoms. The Bertz CT molecular complexity index is 598. The van der Waals surface area contributed by atoms with Crippen LogP contribution in [0.3, 0.4) is 0 Å². The van der Waals surface area contributed by atoms with Crippen LogP contribution in [-0.2, 0) is 4.74 Å². The van der Waals surface area contributed by atoms with Gasteiger partial charge in [0.15, 0.2) is 0 Å². The van der Waals surface area contributed by atoms with Gasteiger partial charge in [-0.15, -0.1) is 0 Å². The Morgan fingerprint density at radius 1 is 1.42 bits per heavy atom. The van der Waals surface area contributed by atoms with Crippen LogP contribution in [0.2, 0.25) is 0 Å². The van der Waals surface area contributed by atoms with Crippen molar-refractivity contribution in [2.75, 3.05) is 5.32 Å². The third-order valence-corrected chi connectivity index (χ3v) is 2.13. The van der Waals surface area contributed by atoms with Crippen LogP contribution in [-0.4, -0.2) is 11.7 Å². The third kappa shape index (κ3) is 5.29. The van der Waals surface area contributed by atoms with Crippen LogP contribution in [0.25, 0.3) is 12.7 Å². The zero-order valence-electron chi connectivity index (χ0n) is 11.6. The van der Waals surface area contributed by atoms with E-state index in [0.717, 1.165) is 10.4 Å². The quantitative estimate of drug-likeness (QED) is 0.850. The predicted molar refractivity (Wildman–Crippen MR) is 78.9 cm³/mol. The number of allylic oxidation sites excluding steroid dienone is 1. The van der Waals surface area contributed by atoms with Crippen LogP contribution in [0.15, 0.2) is 30.5 Å². The van der Waals surface area contributed by atoms with Crippen molar-refractivity contribution in [2.45, 2.75) is 26.4 Å². The zero-order valence-corrected chi connectivity index (χ0v) is 11.6. The highest BCUT2D eigenvalue weighted by molar-refractivity contribution is 5.84. The van der Waals surface area contributed by atoms with Crippen molar-refractivity contribution in [2.24, 2.45) is 5.73 Å². The average molecular weight is 260 g/mol. The van der Waals surface area contributed by atoms with Crippen LogP contribution in [0.4, 0.5) is 10.5 Å². The molecule has 4 heteroatoms. The van der Waals surface area contributed by atoms with Crippen molar-refractivity contribution in [3.63, 3.8) is 0 Å². The topological polar surface area (TPSA) is 64.3 Å². The molecule has 0 fully saturated rings. The molecule has 1 aromatic carbocycles. The fourth-order valence-electron chi connectivity index (χ4n) is 1.45. The summed E-state index contributed by atoms with van der Waals surface area (Å²) in [4.78, 5) is 11.6. The summed E-state index contributed by atoms with van der Waals surface area (Å²) in [6, 6.07) is 5.32. The lowest BCUT2D eigenvalue weighted by atomic mass is 10.2. The minimum Gasteiger partial charge on any atom is -0.444 e. The molecule has 0 aromatic heterocycles. The number of nitrogens with one attached hydrogen (secondary N) is 1. The molecule has 102 valence electrons. The van der Waals surface area contributed by atoms with Crippen LogP contribution in [0.1, 0.15) is 20.8 Å². The van der Waals surface area contributed by atoms with Gasteiger partial charge in [0.1, 0.15) is 5.60 Å². The number of anilines is 1. The molecule has 0 heterocycles. The second kappa shape index (κ2) is 5.61. The molecule has 0 spiro atoms. The van der Waals surface area contributed by atoms with Crippen molar-refractivity contribution >= 4 is 24.4 Å². The SMILES string of the molecule is C=C(N)/C=c1/ccc(NC(=O)OC(C)(C)C)cc1=C. The molecule has 0 radical (unpaired) electrons. The highest BCUT2D eigenvalue weighted by Gasteiger charge is 2.15. The number of rotatable bonds is 2. The minimum absolute atomic E-state index is 0.456. The van der Waals surface area contributed by atoms with Crippen LogP contribution >= 0.6 is 0 Å². The van der Waals surface area contributed by atoms with E-state index in [2.05, 4.69) is 18.5 Å². The summed E-state index contributed by atoms with van der Waals surface area (Å²) in [7, 11) is 0. The summed E-state index contributed by atoms with van der Waals surface area (Å²) in [5.41, 5.74) is 6.07. The molecule has 0 aliphatic heterocycles. The van der Waals surface area contributed by atoms with Gasteiger partial charge < -0.3 is 10.5 Å². The van der Waals surface area contributed by atoms with Crippen molar-refractivity contribution in [3.05, 3.63) is 40.9 Å². The summed E-state index contributed by atoms with van der Waals surface area (Å²) in [6.45, 7) is 12.9. The van der Waals surface area contributed by atoms with E-state index < -0.39 is 11.7 Å². The lowest BCUT2D eigenvalue weighted by Gasteiger charge is -2.19. The Morgan fingerprint density at radius 2 is 2.05 bits per heavy atom. The molecule has 4 nitrogen and oxygen atoms in total. The van der Waals surface area contributed by atoms with E-state index in [9.17, 15) is 4.79 Å². The van der Waals surface area contributed by atoms with Crippen molar-refractivity contribution in [3.8, 4) is 0 Å². The molecular weight excluding hydrogens is 240 g/mol. The largest absolute Gasteiger partial charge is 0.444 e. The number of hydrogen-bond acceptors (Lipinski definition) is 3. The average Bonchev–Trinajstić information content (AvgIpc) is 2.18. The van der Waals surface area contributed by atoms with Gasteiger partial charge in [-0.1, -0.05) is 19.2 Å². The van der Waals surface area contributed by atoms with Gasteiger partial charge in [-0.2, -0.15) is 0 Å².